The highest BCUT2D eigenvalue weighted by atomic mass is 16.5. The molecule has 0 amide bonds. The number of hydrogen-bond donors (Lipinski definition) is 0. The average Bonchev–Trinajstić information content (AvgIpc) is 3.01. The van der Waals surface area contributed by atoms with E-state index in [-0.39, 0.29) is 19.0 Å². The van der Waals surface area contributed by atoms with Crippen LogP contribution < -0.4 is 0 Å². The van der Waals surface area contributed by atoms with Crippen LogP contribution >= 0.6 is 0 Å². The largest absolute Gasteiger partial charge is 0.460 e. The van der Waals surface area contributed by atoms with Crippen LogP contribution in [0.4, 0.5) is 0 Å². The summed E-state index contributed by atoms with van der Waals surface area (Å²) in [4.78, 5) is 15.8. The Hall–Kier alpha value is -2.32. The molecule has 0 aliphatic heterocycles. The van der Waals surface area contributed by atoms with Crippen LogP contribution in [0.5, 0.6) is 0 Å². The second kappa shape index (κ2) is 6.03. The van der Waals surface area contributed by atoms with Gasteiger partial charge in [-0.05, 0) is 23.8 Å². The van der Waals surface area contributed by atoms with Crippen LogP contribution in [0.3, 0.4) is 0 Å². The highest BCUT2D eigenvalue weighted by Crippen LogP contribution is 2.02. The number of aromatic nitrogens is 7. The lowest BCUT2D eigenvalue weighted by atomic mass is 10.4. The number of carbonyl (C=O) groups excluding carboxylic acids is 1. The second-order valence-corrected chi connectivity index (χ2v) is 3.78. The first kappa shape index (κ1) is 13.1. The molecule has 0 aliphatic rings. The maximum Gasteiger partial charge on any atom is 0.378 e. The topological polar surface area (TPSA) is 101 Å². The monoisotopic (exact) mass is 265 g/mol. The van der Waals surface area contributed by atoms with E-state index in [0.717, 1.165) is 13.0 Å². The van der Waals surface area contributed by atoms with Crippen LogP contribution in [0.2, 0.25) is 0 Å². The Labute approximate surface area is 109 Å². The minimum atomic E-state index is -0.547. The molecule has 9 heteroatoms. The van der Waals surface area contributed by atoms with E-state index in [2.05, 4.69) is 25.6 Å². The van der Waals surface area contributed by atoms with Crippen LogP contribution in [-0.4, -0.2) is 47.5 Å². The standard InChI is InChI=1S/C10H15N7O2/c1-3-5-16-8(11-7-12-16)6-17-9(13-14-15-17)10(18)19-4-2/h7H,3-6H2,1-2H3. The highest BCUT2D eigenvalue weighted by molar-refractivity contribution is 5.85. The van der Waals surface area contributed by atoms with Crippen LogP contribution in [0.25, 0.3) is 0 Å². The van der Waals surface area contributed by atoms with Gasteiger partial charge in [-0.25, -0.2) is 19.1 Å². The predicted octanol–water partition coefficient (Wildman–Crippen LogP) is -0.100. The number of nitrogens with zero attached hydrogens (tertiary/aromatic N) is 7. The van der Waals surface area contributed by atoms with Crippen molar-refractivity contribution in [2.24, 2.45) is 0 Å². The molecule has 0 unspecified atom stereocenters. The molecule has 0 atom stereocenters. The number of esters is 1. The molecule has 0 N–H and O–H groups in total. The van der Waals surface area contributed by atoms with E-state index >= 15 is 0 Å². The van der Waals surface area contributed by atoms with Crippen LogP contribution in [0, 0.1) is 0 Å². The van der Waals surface area contributed by atoms with E-state index in [4.69, 9.17) is 4.74 Å². The average molecular weight is 265 g/mol. The van der Waals surface area contributed by atoms with Crippen molar-refractivity contribution >= 4 is 5.97 Å². The number of ether oxygens (including phenoxy) is 1. The first-order chi connectivity index (χ1) is 9.26. The Bertz CT molecular complexity index is 548. The lowest BCUT2D eigenvalue weighted by Crippen LogP contribution is -2.17. The number of carbonyl (C=O) groups is 1. The van der Waals surface area contributed by atoms with Crippen LogP contribution in [-0.2, 0) is 17.8 Å². The van der Waals surface area contributed by atoms with Gasteiger partial charge in [-0.3, -0.25) is 0 Å². The summed E-state index contributed by atoms with van der Waals surface area (Å²) < 4.78 is 7.99. The third kappa shape index (κ3) is 2.92. The minimum absolute atomic E-state index is 0.0629. The number of aryl methyl sites for hydroxylation is 1. The molecule has 2 aromatic heterocycles. The van der Waals surface area contributed by atoms with Crippen molar-refractivity contribution in [3.8, 4) is 0 Å². The van der Waals surface area contributed by atoms with Crippen molar-refractivity contribution in [3.63, 3.8) is 0 Å². The molecule has 2 rings (SSSR count). The summed E-state index contributed by atoms with van der Waals surface area (Å²) in [5, 5.41) is 15.0. The van der Waals surface area contributed by atoms with E-state index in [0.29, 0.717) is 5.82 Å². The molecule has 102 valence electrons. The first-order valence-electron chi connectivity index (χ1n) is 6.06. The van der Waals surface area contributed by atoms with Gasteiger partial charge < -0.3 is 4.74 Å². The van der Waals surface area contributed by atoms with Crippen molar-refractivity contribution in [1.29, 1.82) is 0 Å². The van der Waals surface area contributed by atoms with Gasteiger partial charge >= 0.3 is 5.97 Å². The van der Waals surface area contributed by atoms with Crippen molar-refractivity contribution < 1.29 is 9.53 Å². The molecular weight excluding hydrogens is 250 g/mol. The minimum Gasteiger partial charge on any atom is -0.460 e. The Morgan fingerprint density at radius 1 is 1.37 bits per heavy atom. The number of hydrogen-bond acceptors (Lipinski definition) is 7. The van der Waals surface area contributed by atoms with Gasteiger partial charge in [0.25, 0.3) is 5.82 Å². The summed E-state index contributed by atoms with van der Waals surface area (Å²) >= 11 is 0. The molecular formula is C10H15N7O2. The molecule has 0 fully saturated rings. The zero-order chi connectivity index (χ0) is 13.7. The zero-order valence-electron chi connectivity index (χ0n) is 10.9. The smallest absolute Gasteiger partial charge is 0.378 e. The fraction of sp³-hybridized carbons (Fsp3) is 0.600. The van der Waals surface area contributed by atoms with Crippen molar-refractivity contribution in [2.75, 3.05) is 6.61 Å². The number of tetrazole rings is 1. The lowest BCUT2D eigenvalue weighted by molar-refractivity contribution is 0.0505. The van der Waals surface area contributed by atoms with E-state index in [1.807, 2.05) is 6.92 Å². The van der Waals surface area contributed by atoms with Crippen molar-refractivity contribution in [1.82, 2.24) is 35.0 Å². The van der Waals surface area contributed by atoms with Gasteiger partial charge in [-0.1, -0.05) is 6.92 Å². The molecule has 0 aliphatic carbocycles. The first-order valence-corrected chi connectivity index (χ1v) is 6.06. The van der Waals surface area contributed by atoms with Crippen LogP contribution in [0.1, 0.15) is 36.7 Å². The summed E-state index contributed by atoms with van der Waals surface area (Å²) in [6.07, 6.45) is 2.41. The molecule has 2 aromatic rings. The third-order valence-electron chi connectivity index (χ3n) is 2.41. The van der Waals surface area contributed by atoms with Crippen LogP contribution in [0.15, 0.2) is 6.33 Å². The maximum atomic E-state index is 11.6. The van der Waals surface area contributed by atoms with Crippen molar-refractivity contribution in [2.45, 2.75) is 33.4 Å². The fourth-order valence-electron chi connectivity index (χ4n) is 1.60. The third-order valence-corrected chi connectivity index (χ3v) is 2.41. The fourth-order valence-corrected chi connectivity index (χ4v) is 1.60. The summed E-state index contributed by atoms with van der Waals surface area (Å²) in [5.41, 5.74) is 0. The summed E-state index contributed by atoms with van der Waals surface area (Å²) in [5.74, 6) is 0.210. The van der Waals surface area contributed by atoms with E-state index < -0.39 is 5.97 Å². The molecule has 0 saturated carbocycles. The van der Waals surface area contributed by atoms with E-state index in [9.17, 15) is 4.79 Å². The second-order valence-electron chi connectivity index (χ2n) is 3.78. The summed E-state index contributed by atoms with van der Waals surface area (Å²) in [6.45, 7) is 5.08. The molecule has 0 saturated heterocycles. The molecule has 2 heterocycles. The van der Waals surface area contributed by atoms with E-state index in [1.54, 1.807) is 11.6 Å². The SMILES string of the molecule is CCCn1ncnc1Cn1nnnc1C(=O)OCC. The zero-order valence-corrected chi connectivity index (χ0v) is 10.9. The number of rotatable bonds is 6. The molecule has 19 heavy (non-hydrogen) atoms. The van der Waals surface area contributed by atoms with Gasteiger partial charge in [0.1, 0.15) is 18.7 Å². The molecule has 0 radical (unpaired) electrons. The van der Waals surface area contributed by atoms with Gasteiger partial charge in [-0.2, -0.15) is 5.10 Å². The summed E-state index contributed by atoms with van der Waals surface area (Å²) in [6, 6.07) is 0. The van der Waals surface area contributed by atoms with Gasteiger partial charge in [-0.15, -0.1) is 5.10 Å². The Morgan fingerprint density at radius 3 is 2.95 bits per heavy atom. The Kier molecular flexibility index (Phi) is 4.16. The quantitative estimate of drug-likeness (QED) is 0.672. The molecule has 0 spiro atoms. The molecule has 0 bridgehead atoms. The Morgan fingerprint density at radius 2 is 2.21 bits per heavy atom. The maximum absolute atomic E-state index is 11.6. The highest BCUT2D eigenvalue weighted by Gasteiger charge is 2.18. The van der Waals surface area contributed by atoms with E-state index in [1.165, 1.54) is 11.0 Å². The normalized spacial score (nSPS) is 10.6. The van der Waals surface area contributed by atoms with Gasteiger partial charge in [0.05, 0.1) is 6.61 Å². The van der Waals surface area contributed by atoms with Gasteiger partial charge in [0.2, 0.25) is 0 Å². The van der Waals surface area contributed by atoms with Gasteiger partial charge in [0, 0.05) is 6.54 Å². The summed E-state index contributed by atoms with van der Waals surface area (Å²) in [7, 11) is 0. The predicted molar refractivity (Wildman–Crippen MR) is 63.2 cm³/mol. The van der Waals surface area contributed by atoms with Crippen molar-refractivity contribution in [3.05, 3.63) is 18.0 Å². The molecule has 0 aromatic carbocycles. The lowest BCUT2D eigenvalue weighted by Gasteiger charge is -2.05. The molecule has 9 nitrogen and oxygen atoms in total. The Balaban J connectivity index is 2.17. The van der Waals surface area contributed by atoms with Gasteiger partial charge in [0.15, 0.2) is 0 Å².